The largest absolute Gasteiger partial charge is 0.391 e. The second-order valence-corrected chi connectivity index (χ2v) is 7.44. The maximum atomic E-state index is 12.5. The van der Waals surface area contributed by atoms with E-state index in [-0.39, 0.29) is 11.9 Å². The number of amides is 1. The van der Waals surface area contributed by atoms with E-state index < -0.39 is 6.10 Å². The first-order valence-electron chi connectivity index (χ1n) is 9.32. The van der Waals surface area contributed by atoms with Crippen LogP contribution in [0.25, 0.3) is 5.69 Å². The van der Waals surface area contributed by atoms with E-state index in [4.69, 9.17) is 11.6 Å². The lowest BCUT2D eigenvalue weighted by molar-refractivity contribution is 0.0868. The average molecular weight is 397 g/mol. The van der Waals surface area contributed by atoms with Gasteiger partial charge < -0.3 is 10.4 Å². The number of carbonyl (C=O) groups excluding carboxylic acids is 1. The topological polar surface area (TPSA) is 80.0 Å². The second-order valence-electron chi connectivity index (χ2n) is 7.03. The van der Waals surface area contributed by atoms with Crippen LogP contribution in [0.3, 0.4) is 0 Å². The Hall–Kier alpha value is -2.70. The fourth-order valence-corrected chi connectivity index (χ4v) is 3.67. The molecule has 1 aliphatic rings. The molecule has 1 aliphatic carbocycles. The van der Waals surface area contributed by atoms with Crippen LogP contribution in [0.4, 0.5) is 0 Å². The molecule has 2 N–H and O–H groups in total. The van der Waals surface area contributed by atoms with Crippen molar-refractivity contribution < 1.29 is 9.90 Å². The number of rotatable bonds is 5. The number of hydrogen-bond donors (Lipinski definition) is 2. The number of aliphatic hydroxyl groups excluding tert-OH is 1. The monoisotopic (exact) mass is 396 g/mol. The van der Waals surface area contributed by atoms with Crippen LogP contribution in [-0.4, -0.2) is 37.9 Å². The van der Waals surface area contributed by atoms with Gasteiger partial charge >= 0.3 is 0 Å². The summed E-state index contributed by atoms with van der Waals surface area (Å²) in [6, 6.07) is 11.4. The van der Waals surface area contributed by atoms with Crippen molar-refractivity contribution in [2.45, 2.75) is 37.8 Å². The highest BCUT2D eigenvalue weighted by molar-refractivity contribution is 6.31. The Morgan fingerprint density at radius 3 is 2.79 bits per heavy atom. The molecule has 0 bridgehead atoms. The van der Waals surface area contributed by atoms with Gasteiger partial charge in [0.1, 0.15) is 5.69 Å². The quantitative estimate of drug-likeness (QED) is 0.694. The number of hydrogen-bond acceptors (Lipinski definition) is 4. The average Bonchev–Trinajstić information content (AvgIpc) is 3.37. The van der Waals surface area contributed by atoms with Crippen LogP contribution in [0.1, 0.15) is 40.9 Å². The molecule has 0 saturated heterocycles. The first-order valence-corrected chi connectivity index (χ1v) is 9.70. The molecule has 2 heterocycles. The van der Waals surface area contributed by atoms with E-state index in [1.54, 1.807) is 16.9 Å². The van der Waals surface area contributed by atoms with Crippen LogP contribution in [0.15, 0.2) is 55.0 Å². The van der Waals surface area contributed by atoms with E-state index in [0.29, 0.717) is 17.1 Å². The fraction of sp³-hybridized carbons (Fsp3) is 0.286. The summed E-state index contributed by atoms with van der Waals surface area (Å²) in [4.78, 5) is 16.7. The highest BCUT2D eigenvalue weighted by Crippen LogP contribution is 2.22. The second kappa shape index (κ2) is 8.12. The van der Waals surface area contributed by atoms with Crippen molar-refractivity contribution >= 4 is 17.5 Å². The van der Waals surface area contributed by atoms with Crippen molar-refractivity contribution in [3.8, 4) is 5.69 Å². The molecule has 1 aromatic carbocycles. The molecule has 0 spiro atoms. The van der Waals surface area contributed by atoms with Crippen molar-refractivity contribution in [2.75, 3.05) is 0 Å². The molecule has 0 radical (unpaired) electrons. The predicted molar refractivity (Wildman–Crippen MR) is 107 cm³/mol. The SMILES string of the molecule is O=C(N[C@H]1CCC[C@@H]1O)c1cc(Cc2ccc(-n3cccn3)cc2)c(Cl)cn1. The molecule has 0 unspecified atom stereocenters. The molecule has 0 aliphatic heterocycles. The van der Waals surface area contributed by atoms with Crippen LogP contribution in [0.5, 0.6) is 0 Å². The van der Waals surface area contributed by atoms with Gasteiger partial charge in [0.25, 0.3) is 5.91 Å². The standard InChI is InChI=1S/C21H21ClN4O2/c22-17-13-23-19(21(28)25-18-3-1-4-20(18)27)12-15(17)11-14-5-7-16(8-6-14)26-10-2-9-24-26/h2,5-10,12-13,18,20,27H,1,3-4,11H2,(H,25,28)/t18-,20-/m0/s1. The summed E-state index contributed by atoms with van der Waals surface area (Å²) in [6.45, 7) is 0. The number of carbonyl (C=O) groups is 1. The minimum absolute atomic E-state index is 0.205. The lowest BCUT2D eigenvalue weighted by Gasteiger charge is -2.16. The van der Waals surface area contributed by atoms with Crippen molar-refractivity contribution in [3.05, 3.63) is 76.8 Å². The smallest absolute Gasteiger partial charge is 0.270 e. The molecular formula is C21H21ClN4O2. The lowest BCUT2D eigenvalue weighted by Crippen LogP contribution is -2.40. The van der Waals surface area contributed by atoms with Crippen molar-refractivity contribution in [3.63, 3.8) is 0 Å². The van der Waals surface area contributed by atoms with Gasteiger partial charge in [-0.2, -0.15) is 5.10 Å². The van der Waals surface area contributed by atoms with Crippen LogP contribution >= 0.6 is 11.6 Å². The fourth-order valence-electron chi connectivity index (χ4n) is 3.50. The Balaban J connectivity index is 1.48. The zero-order valence-electron chi connectivity index (χ0n) is 15.3. The molecule has 2 atom stereocenters. The third kappa shape index (κ3) is 4.08. The van der Waals surface area contributed by atoms with Gasteiger partial charge in [0.05, 0.1) is 22.9 Å². The summed E-state index contributed by atoms with van der Waals surface area (Å²) in [5.74, 6) is -0.280. The third-order valence-corrected chi connectivity index (χ3v) is 5.40. The van der Waals surface area contributed by atoms with E-state index >= 15 is 0 Å². The van der Waals surface area contributed by atoms with E-state index in [9.17, 15) is 9.90 Å². The summed E-state index contributed by atoms with van der Waals surface area (Å²) in [6.07, 6.45) is 7.67. The van der Waals surface area contributed by atoms with Crippen LogP contribution in [0.2, 0.25) is 5.02 Å². The van der Waals surface area contributed by atoms with Crippen LogP contribution in [-0.2, 0) is 6.42 Å². The summed E-state index contributed by atoms with van der Waals surface area (Å²) in [7, 11) is 0. The van der Waals surface area contributed by atoms with Crippen molar-refractivity contribution in [1.29, 1.82) is 0 Å². The number of aromatic nitrogens is 3. The Kier molecular flexibility index (Phi) is 5.41. The molecule has 1 saturated carbocycles. The Morgan fingerprint density at radius 1 is 1.29 bits per heavy atom. The molecule has 144 valence electrons. The molecule has 4 rings (SSSR count). The van der Waals surface area contributed by atoms with E-state index in [2.05, 4.69) is 15.4 Å². The number of halogens is 1. The highest BCUT2D eigenvalue weighted by atomic mass is 35.5. The Morgan fingerprint density at radius 2 is 2.11 bits per heavy atom. The number of nitrogens with one attached hydrogen (secondary N) is 1. The molecule has 7 heteroatoms. The van der Waals surface area contributed by atoms with Gasteiger partial charge in [-0.25, -0.2) is 9.67 Å². The van der Waals surface area contributed by atoms with Crippen LogP contribution in [0, 0.1) is 0 Å². The van der Waals surface area contributed by atoms with Gasteiger partial charge in [0.2, 0.25) is 0 Å². The molecule has 3 aromatic rings. The minimum Gasteiger partial charge on any atom is -0.391 e. The summed E-state index contributed by atoms with van der Waals surface area (Å²) in [5, 5.41) is 17.5. The van der Waals surface area contributed by atoms with Crippen LogP contribution < -0.4 is 5.32 Å². The summed E-state index contributed by atoms with van der Waals surface area (Å²) >= 11 is 6.31. The van der Waals surface area contributed by atoms with E-state index in [1.165, 1.54) is 6.20 Å². The minimum atomic E-state index is -0.482. The molecule has 28 heavy (non-hydrogen) atoms. The number of nitrogens with zero attached hydrogens (tertiary/aromatic N) is 3. The first-order chi connectivity index (χ1) is 13.6. The highest BCUT2D eigenvalue weighted by Gasteiger charge is 2.27. The zero-order valence-corrected chi connectivity index (χ0v) is 16.0. The molecule has 2 aromatic heterocycles. The van der Waals surface area contributed by atoms with Gasteiger partial charge in [0.15, 0.2) is 0 Å². The van der Waals surface area contributed by atoms with Crippen molar-refractivity contribution in [2.24, 2.45) is 0 Å². The summed E-state index contributed by atoms with van der Waals surface area (Å²) < 4.78 is 1.79. The first kappa shape index (κ1) is 18.7. The Labute approximate surface area is 168 Å². The Bertz CT molecular complexity index is 957. The van der Waals surface area contributed by atoms with Gasteiger partial charge in [-0.05, 0) is 61.1 Å². The van der Waals surface area contributed by atoms with E-state index in [0.717, 1.165) is 36.1 Å². The predicted octanol–water partition coefficient (Wildman–Crippen LogP) is 3.15. The third-order valence-electron chi connectivity index (χ3n) is 5.06. The molecule has 1 fully saturated rings. The van der Waals surface area contributed by atoms with E-state index in [1.807, 2.05) is 36.5 Å². The van der Waals surface area contributed by atoms with Crippen molar-refractivity contribution in [1.82, 2.24) is 20.1 Å². The number of benzene rings is 1. The lowest BCUT2D eigenvalue weighted by atomic mass is 10.0. The molecular weight excluding hydrogens is 376 g/mol. The maximum Gasteiger partial charge on any atom is 0.270 e. The van der Waals surface area contributed by atoms with Gasteiger partial charge in [-0.1, -0.05) is 23.7 Å². The molecule has 1 amide bonds. The maximum absolute atomic E-state index is 12.5. The van der Waals surface area contributed by atoms with Gasteiger partial charge in [-0.15, -0.1) is 0 Å². The molecule has 6 nitrogen and oxygen atoms in total. The van der Waals surface area contributed by atoms with Gasteiger partial charge in [-0.3, -0.25) is 4.79 Å². The summed E-state index contributed by atoms with van der Waals surface area (Å²) in [5.41, 5.74) is 3.19. The normalized spacial score (nSPS) is 18.9. The van der Waals surface area contributed by atoms with Gasteiger partial charge in [0, 0.05) is 18.6 Å². The number of aliphatic hydroxyl groups is 1. The number of pyridine rings is 1. The zero-order chi connectivity index (χ0) is 19.5.